The predicted octanol–water partition coefficient (Wildman–Crippen LogP) is 0.665. The van der Waals surface area contributed by atoms with Gasteiger partial charge in [-0.05, 0) is 6.07 Å². The number of aliphatic hydroxyl groups excluding tert-OH is 1. The summed E-state index contributed by atoms with van der Waals surface area (Å²) in [5.41, 5.74) is 5.68. The van der Waals surface area contributed by atoms with Gasteiger partial charge in [-0.3, -0.25) is 5.41 Å². The molecule has 0 spiro atoms. The van der Waals surface area contributed by atoms with E-state index in [9.17, 15) is 5.11 Å². The van der Waals surface area contributed by atoms with Crippen LogP contribution in [0.5, 0.6) is 5.75 Å². The van der Waals surface area contributed by atoms with Crippen molar-refractivity contribution < 1.29 is 9.84 Å². The fraction of sp³-hybridized carbons (Fsp3) is 0.222. The van der Waals surface area contributed by atoms with Gasteiger partial charge in [0.1, 0.15) is 17.7 Å². The van der Waals surface area contributed by atoms with Gasteiger partial charge in [0.15, 0.2) is 0 Å². The van der Waals surface area contributed by atoms with Crippen LogP contribution in [-0.2, 0) is 0 Å². The van der Waals surface area contributed by atoms with Crippen LogP contribution in [0.25, 0.3) is 0 Å². The molecule has 4 heteroatoms. The maximum absolute atomic E-state index is 9.48. The number of para-hydroxylation sites is 1. The molecule has 1 aromatic rings. The van der Waals surface area contributed by atoms with E-state index in [4.69, 9.17) is 15.9 Å². The summed E-state index contributed by atoms with van der Waals surface area (Å²) < 4.78 is 5.00. The first-order valence-corrected chi connectivity index (χ1v) is 3.81. The largest absolute Gasteiger partial charge is 0.496 e. The van der Waals surface area contributed by atoms with E-state index < -0.39 is 6.10 Å². The highest BCUT2D eigenvalue weighted by Crippen LogP contribution is 2.23. The number of amidine groups is 1. The minimum Gasteiger partial charge on any atom is -0.496 e. The van der Waals surface area contributed by atoms with Crippen LogP contribution in [-0.4, -0.2) is 18.1 Å². The second-order valence-electron chi connectivity index (χ2n) is 2.60. The molecule has 4 nitrogen and oxygen atoms in total. The quantitative estimate of drug-likeness (QED) is 0.472. The normalized spacial score (nSPS) is 12.2. The fourth-order valence-corrected chi connectivity index (χ4v) is 1.06. The van der Waals surface area contributed by atoms with E-state index in [1.807, 2.05) is 0 Å². The van der Waals surface area contributed by atoms with Crippen molar-refractivity contribution in [1.82, 2.24) is 0 Å². The van der Waals surface area contributed by atoms with Crippen molar-refractivity contribution in [3.63, 3.8) is 0 Å². The molecule has 0 amide bonds. The highest BCUT2D eigenvalue weighted by atomic mass is 16.5. The Morgan fingerprint density at radius 3 is 2.69 bits per heavy atom. The van der Waals surface area contributed by atoms with E-state index in [1.54, 1.807) is 24.3 Å². The Bertz CT molecular complexity index is 312. The van der Waals surface area contributed by atoms with Crippen LogP contribution in [0, 0.1) is 5.41 Å². The van der Waals surface area contributed by atoms with E-state index in [0.29, 0.717) is 11.3 Å². The van der Waals surface area contributed by atoms with Gasteiger partial charge in [-0.25, -0.2) is 0 Å². The van der Waals surface area contributed by atoms with E-state index in [-0.39, 0.29) is 5.84 Å². The number of nitrogens with two attached hydrogens (primary N) is 1. The summed E-state index contributed by atoms with van der Waals surface area (Å²) in [5.74, 6) is 0.245. The molecular formula is C9H12N2O2. The van der Waals surface area contributed by atoms with Crippen LogP contribution in [0.1, 0.15) is 11.7 Å². The lowest BCUT2D eigenvalue weighted by Crippen LogP contribution is -2.20. The van der Waals surface area contributed by atoms with Crippen LogP contribution in [0.4, 0.5) is 0 Å². The predicted molar refractivity (Wildman–Crippen MR) is 49.9 cm³/mol. The summed E-state index contributed by atoms with van der Waals surface area (Å²) >= 11 is 0. The molecule has 0 aliphatic heterocycles. The standard InChI is InChI=1S/C9H12N2O2/c1-13-7-5-3-2-4-6(7)8(12)9(10)11/h2-5,8,12H,1H3,(H3,10,11)/t8-/m1/s1. The van der Waals surface area contributed by atoms with Crippen molar-refractivity contribution >= 4 is 5.84 Å². The minimum absolute atomic E-state index is 0.287. The van der Waals surface area contributed by atoms with Gasteiger partial charge in [-0.1, -0.05) is 18.2 Å². The molecule has 0 fully saturated rings. The summed E-state index contributed by atoms with van der Waals surface area (Å²) in [6.07, 6.45) is -1.09. The summed E-state index contributed by atoms with van der Waals surface area (Å²) in [7, 11) is 1.51. The van der Waals surface area contributed by atoms with E-state index in [1.165, 1.54) is 7.11 Å². The smallest absolute Gasteiger partial charge is 0.139 e. The summed E-state index contributed by atoms with van der Waals surface area (Å²) in [6.45, 7) is 0. The van der Waals surface area contributed by atoms with E-state index >= 15 is 0 Å². The Labute approximate surface area is 76.5 Å². The molecule has 0 aromatic heterocycles. The Kier molecular flexibility index (Phi) is 2.87. The molecule has 0 saturated carbocycles. The molecule has 0 aliphatic rings. The van der Waals surface area contributed by atoms with Gasteiger partial charge >= 0.3 is 0 Å². The van der Waals surface area contributed by atoms with Crippen LogP contribution in [0.3, 0.4) is 0 Å². The van der Waals surface area contributed by atoms with Gasteiger partial charge in [0.2, 0.25) is 0 Å². The first-order valence-electron chi connectivity index (χ1n) is 3.81. The molecule has 1 aromatic carbocycles. The van der Waals surface area contributed by atoms with Gasteiger partial charge in [-0.15, -0.1) is 0 Å². The number of hydrogen-bond donors (Lipinski definition) is 3. The average Bonchev–Trinajstić information content (AvgIpc) is 2.16. The molecule has 1 atom stereocenters. The molecule has 4 N–H and O–H groups in total. The Morgan fingerprint density at radius 2 is 2.15 bits per heavy atom. The number of aliphatic hydroxyl groups is 1. The Hall–Kier alpha value is -1.55. The van der Waals surface area contributed by atoms with Gasteiger partial charge < -0.3 is 15.6 Å². The second-order valence-corrected chi connectivity index (χ2v) is 2.60. The first kappa shape index (κ1) is 9.54. The highest BCUT2D eigenvalue weighted by Gasteiger charge is 2.14. The molecule has 0 bridgehead atoms. The SMILES string of the molecule is COc1ccccc1[C@@H](O)C(=N)N. The van der Waals surface area contributed by atoms with E-state index in [2.05, 4.69) is 0 Å². The number of hydrogen-bond acceptors (Lipinski definition) is 3. The number of methoxy groups -OCH3 is 1. The zero-order valence-corrected chi connectivity index (χ0v) is 7.32. The molecule has 13 heavy (non-hydrogen) atoms. The average molecular weight is 180 g/mol. The van der Waals surface area contributed by atoms with Crippen LogP contribution < -0.4 is 10.5 Å². The highest BCUT2D eigenvalue weighted by molar-refractivity contribution is 5.83. The molecule has 0 unspecified atom stereocenters. The maximum Gasteiger partial charge on any atom is 0.139 e. The van der Waals surface area contributed by atoms with Gasteiger partial charge in [0.25, 0.3) is 0 Å². The van der Waals surface area contributed by atoms with Crippen LogP contribution >= 0.6 is 0 Å². The fourth-order valence-electron chi connectivity index (χ4n) is 1.06. The number of benzene rings is 1. The Morgan fingerprint density at radius 1 is 1.54 bits per heavy atom. The van der Waals surface area contributed by atoms with Gasteiger partial charge in [0.05, 0.1) is 7.11 Å². The number of rotatable bonds is 3. The zero-order chi connectivity index (χ0) is 9.84. The zero-order valence-electron chi connectivity index (χ0n) is 7.32. The monoisotopic (exact) mass is 180 g/mol. The number of nitrogens with one attached hydrogen (secondary N) is 1. The molecule has 0 heterocycles. The van der Waals surface area contributed by atoms with Gasteiger partial charge in [-0.2, -0.15) is 0 Å². The molecule has 0 aliphatic carbocycles. The molecule has 0 radical (unpaired) electrons. The van der Waals surface area contributed by atoms with Crippen molar-refractivity contribution in [3.8, 4) is 5.75 Å². The minimum atomic E-state index is -1.09. The molecule has 0 saturated heterocycles. The lowest BCUT2D eigenvalue weighted by molar-refractivity contribution is 0.238. The summed E-state index contributed by atoms with van der Waals surface area (Å²) in [4.78, 5) is 0. The van der Waals surface area contributed by atoms with Crippen molar-refractivity contribution in [3.05, 3.63) is 29.8 Å². The van der Waals surface area contributed by atoms with Crippen molar-refractivity contribution in [1.29, 1.82) is 5.41 Å². The molecule has 1 rings (SSSR count). The summed E-state index contributed by atoms with van der Waals surface area (Å²) in [5, 5.41) is 16.6. The van der Waals surface area contributed by atoms with Crippen LogP contribution in [0.15, 0.2) is 24.3 Å². The maximum atomic E-state index is 9.48. The third kappa shape index (κ3) is 1.97. The van der Waals surface area contributed by atoms with Crippen molar-refractivity contribution in [2.24, 2.45) is 5.73 Å². The second kappa shape index (κ2) is 3.91. The van der Waals surface area contributed by atoms with Crippen molar-refractivity contribution in [2.75, 3.05) is 7.11 Å². The lowest BCUT2D eigenvalue weighted by atomic mass is 10.1. The molecule has 70 valence electrons. The van der Waals surface area contributed by atoms with E-state index in [0.717, 1.165) is 0 Å². The number of ether oxygens (including phenoxy) is 1. The lowest BCUT2D eigenvalue weighted by Gasteiger charge is -2.12. The van der Waals surface area contributed by atoms with Crippen molar-refractivity contribution in [2.45, 2.75) is 6.10 Å². The Balaban J connectivity index is 3.05. The summed E-state index contributed by atoms with van der Waals surface area (Å²) in [6, 6.07) is 6.92. The topological polar surface area (TPSA) is 79.3 Å². The molecular weight excluding hydrogens is 168 g/mol. The van der Waals surface area contributed by atoms with Gasteiger partial charge in [0, 0.05) is 5.56 Å². The van der Waals surface area contributed by atoms with Crippen LogP contribution in [0.2, 0.25) is 0 Å². The third-order valence-electron chi connectivity index (χ3n) is 1.73. The third-order valence-corrected chi connectivity index (χ3v) is 1.73. The first-order chi connectivity index (χ1) is 6.16.